The molecule has 0 bridgehead atoms. The fourth-order valence-electron chi connectivity index (χ4n) is 2.62. The quantitative estimate of drug-likeness (QED) is 0.444. The summed E-state index contributed by atoms with van der Waals surface area (Å²) in [4.78, 5) is 23.7. The number of nitriles is 1. The zero-order valence-corrected chi connectivity index (χ0v) is 16.8. The van der Waals surface area contributed by atoms with Crippen molar-refractivity contribution in [2.45, 2.75) is 19.4 Å². The molecular weight excluding hydrogens is 392 g/mol. The van der Waals surface area contributed by atoms with Crippen LogP contribution in [0.5, 0.6) is 5.75 Å². The first-order valence-electron chi connectivity index (χ1n) is 8.96. The number of benzene rings is 2. The summed E-state index contributed by atoms with van der Waals surface area (Å²) in [6.45, 7) is 2.05. The summed E-state index contributed by atoms with van der Waals surface area (Å²) in [7, 11) is 0. The van der Waals surface area contributed by atoms with Gasteiger partial charge in [0, 0.05) is 11.6 Å². The molecule has 2 aromatic carbocycles. The molecule has 2 N–H and O–H groups in total. The van der Waals surface area contributed by atoms with Gasteiger partial charge in [0.1, 0.15) is 11.9 Å². The van der Waals surface area contributed by atoms with E-state index in [-0.39, 0.29) is 24.0 Å². The van der Waals surface area contributed by atoms with E-state index in [0.29, 0.717) is 23.2 Å². The summed E-state index contributed by atoms with van der Waals surface area (Å²) in [5.41, 5.74) is 1.68. The second-order valence-corrected chi connectivity index (χ2v) is 6.69. The molecule has 0 aromatic heterocycles. The predicted octanol–water partition coefficient (Wildman–Crippen LogP) is 4.05. The molecule has 2 aromatic rings. The lowest BCUT2D eigenvalue weighted by atomic mass is 9.94. The molecule has 0 saturated carbocycles. The third-order valence-electron chi connectivity index (χ3n) is 4.20. The Bertz CT molecular complexity index is 862. The molecule has 152 valence electrons. The number of anilines is 1. The average Bonchev–Trinajstić information content (AvgIpc) is 2.73. The molecule has 0 aliphatic carbocycles. The van der Waals surface area contributed by atoms with Crippen LogP contribution < -0.4 is 5.32 Å². The Kier molecular flexibility index (Phi) is 8.37. The lowest BCUT2D eigenvalue weighted by Gasteiger charge is -2.25. The Morgan fingerprint density at radius 1 is 1.17 bits per heavy atom. The summed E-state index contributed by atoms with van der Waals surface area (Å²) in [5, 5.41) is 21.0. The summed E-state index contributed by atoms with van der Waals surface area (Å²) in [6.07, 6.45) is -0.814. The fraction of sp³-hybridized carbons (Fsp3) is 0.286. The minimum atomic E-state index is -0.660. The van der Waals surface area contributed by atoms with Crippen molar-refractivity contribution in [3.63, 3.8) is 0 Å². The Hall–Kier alpha value is -3.18. The van der Waals surface area contributed by atoms with Gasteiger partial charge in [-0.3, -0.25) is 10.1 Å². The van der Waals surface area contributed by atoms with Crippen LogP contribution in [-0.2, 0) is 14.3 Å². The zero-order chi connectivity index (χ0) is 21.2. The Balaban J connectivity index is 2.07. The van der Waals surface area contributed by atoms with E-state index in [4.69, 9.17) is 14.7 Å². The molecule has 8 heteroatoms. The van der Waals surface area contributed by atoms with Crippen LogP contribution in [-0.4, -0.2) is 29.5 Å². The highest BCUT2D eigenvalue weighted by Crippen LogP contribution is 2.30. The van der Waals surface area contributed by atoms with E-state index in [1.165, 1.54) is 12.1 Å². The SMILES string of the molecule is C[C@H](CCOC(=O)CS)[C@H](OC(=O)Nc1ccc(C#N)cc1)c1ccc(O)cc1. The maximum Gasteiger partial charge on any atom is 0.412 e. The number of hydrogen-bond acceptors (Lipinski definition) is 7. The summed E-state index contributed by atoms with van der Waals surface area (Å²) < 4.78 is 10.7. The highest BCUT2D eigenvalue weighted by atomic mass is 32.1. The minimum Gasteiger partial charge on any atom is -0.508 e. The number of amides is 1. The van der Waals surface area contributed by atoms with Crippen LogP contribution in [0.3, 0.4) is 0 Å². The van der Waals surface area contributed by atoms with Crippen LogP contribution >= 0.6 is 12.6 Å². The van der Waals surface area contributed by atoms with Gasteiger partial charge < -0.3 is 14.6 Å². The van der Waals surface area contributed by atoms with Gasteiger partial charge in [0.15, 0.2) is 0 Å². The topological polar surface area (TPSA) is 109 Å². The molecule has 29 heavy (non-hydrogen) atoms. The van der Waals surface area contributed by atoms with Gasteiger partial charge in [-0.15, -0.1) is 0 Å². The molecule has 1 amide bonds. The van der Waals surface area contributed by atoms with Gasteiger partial charge in [0.05, 0.1) is 24.0 Å². The lowest BCUT2D eigenvalue weighted by Crippen LogP contribution is -2.23. The van der Waals surface area contributed by atoms with E-state index >= 15 is 0 Å². The number of phenolic OH excluding ortho intramolecular Hbond substituents is 1. The molecule has 0 saturated heterocycles. The molecule has 7 nitrogen and oxygen atoms in total. The minimum absolute atomic E-state index is 0.000725. The number of nitrogens with zero attached hydrogens (tertiary/aromatic N) is 1. The number of esters is 1. The number of nitrogens with one attached hydrogen (secondary N) is 1. The van der Waals surface area contributed by atoms with Gasteiger partial charge in [-0.2, -0.15) is 17.9 Å². The molecule has 0 radical (unpaired) electrons. The summed E-state index contributed by atoms with van der Waals surface area (Å²) in [6, 6.07) is 14.8. The normalized spacial score (nSPS) is 12.3. The molecule has 0 heterocycles. The van der Waals surface area contributed by atoms with Crippen molar-refractivity contribution in [2.75, 3.05) is 17.7 Å². The van der Waals surface area contributed by atoms with Crippen molar-refractivity contribution in [2.24, 2.45) is 5.92 Å². The van der Waals surface area contributed by atoms with Crippen molar-refractivity contribution < 1.29 is 24.2 Å². The number of rotatable bonds is 8. The van der Waals surface area contributed by atoms with E-state index in [9.17, 15) is 14.7 Å². The highest BCUT2D eigenvalue weighted by molar-refractivity contribution is 7.81. The number of ether oxygens (including phenoxy) is 2. The Morgan fingerprint density at radius 3 is 2.41 bits per heavy atom. The third kappa shape index (κ3) is 7.05. The van der Waals surface area contributed by atoms with Crippen LogP contribution in [0, 0.1) is 17.2 Å². The van der Waals surface area contributed by atoms with Crippen LogP contribution in [0.2, 0.25) is 0 Å². The molecule has 0 spiro atoms. The molecule has 2 atom stereocenters. The fourth-order valence-corrected chi connectivity index (χ4v) is 2.71. The van der Waals surface area contributed by atoms with Gasteiger partial charge in [-0.25, -0.2) is 4.79 Å². The molecule has 0 aliphatic heterocycles. The standard InChI is InChI=1S/C21H22N2O5S/c1-14(10-11-27-19(25)13-29)20(16-4-8-18(24)9-5-16)28-21(26)23-17-6-2-15(12-22)3-7-17/h2-9,14,20,24,29H,10-11,13H2,1H3,(H,23,26)/t14-,20+/m1/s1. The van der Waals surface area contributed by atoms with E-state index < -0.39 is 18.2 Å². The second kappa shape index (κ2) is 11.0. The van der Waals surface area contributed by atoms with Crippen molar-refractivity contribution in [1.29, 1.82) is 5.26 Å². The first kappa shape index (κ1) is 22.1. The smallest absolute Gasteiger partial charge is 0.412 e. The van der Waals surface area contributed by atoms with E-state index in [1.54, 1.807) is 36.4 Å². The van der Waals surface area contributed by atoms with Crippen molar-refractivity contribution >= 4 is 30.4 Å². The average molecular weight is 414 g/mol. The molecular formula is C21H22N2O5S. The number of thiol groups is 1. The van der Waals surface area contributed by atoms with E-state index in [0.717, 1.165) is 0 Å². The van der Waals surface area contributed by atoms with Gasteiger partial charge in [-0.05, 0) is 48.4 Å². The van der Waals surface area contributed by atoms with Crippen LogP contribution in [0.15, 0.2) is 48.5 Å². The van der Waals surface area contributed by atoms with Crippen molar-refractivity contribution in [3.05, 3.63) is 59.7 Å². The maximum absolute atomic E-state index is 12.4. The molecule has 0 aliphatic rings. The van der Waals surface area contributed by atoms with Crippen LogP contribution in [0.4, 0.5) is 10.5 Å². The number of aromatic hydroxyl groups is 1. The first-order valence-corrected chi connectivity index (χ1v) is 9.59. The van der Waals surface area contributed by atoms with Gasteiger partial charge in [0.2, 0.25) is 0 Å². The van der Waals surface area contributed by atoms with Gasteiger partial charge in [-0.1, -0.05) is 19.1 Å². The van der Waals surface area contributed by atoms with E-state index in [1.807, 2.05) is 13.0 Å². The zero-order valence-electron chi connectivity index (χ0n) is 15.9. The van der Waals surface area contributed by atoms with Gasteiger partial charge >= 0.3 is 12.1 Å². The van der Waals surface area contributed by atoms with E-state index in [2.05, 4.69) is 17.9 Å². The number of carbonyl (C=O) groups excluding carboxylic acids is 2. The van der Waals surface area contributed by atoms with Crippen LogP contribution in [0.25, 0.3) is 0 Å². The highest BCUT2D eigenvalue weighted by Gasteiger charge is 2.24. The molecule has 0 fully saturated rings. The monoisotopic (exact) mass is 414 g/mol. The number of carbonyl (C=O) groups is 2. The van der Waals surface area contributed by atoms with Gasteiger partial charge in [0.25, 0.3) is 0 Å². The summed E-state index contributed by atoms with van der Waals surface area (Å²) >= 11 is 3.86. The largest absolute Gasteiger partial charge is 0.508 e. The second-order valence-electron chi connectivity index (χ2n) is 6.38. The van der Waals surface area contributed by atoms with Crippen LogP contribution in [0.1, 0.15) is 30.6 Å². The predicted molar refractivity (Wildman–Crippen MR) is 111 cm³/mol. The lowest BCUT2D eigenvalue weighted by molar-refractivity contribution is -0.141. The summed E-state index contributed by atoms with van der Waals surface area (Å²) in [5.74, 6) is -0.482. The van der Waals surface area contributed by atoms with Crippen molar-refractivity contribution in [3.8, 4) is 11.8 Å². The maximum atomic E-state index is 12.4. The number of hydrogen-bond donors (Lipinski definition) is 3. The van der Waals surface area contributed by atoms with Crippen molar-refractivity contribution in [1.82, 2.24) is 0 Å². The molecule has 2 rings (SSSR count). The Morgan fingerprint density at radius 2 is 1.83 bits per heavy atom. The third-order valence-corrected chi connectivity index (χ3v) is 4.46. The number of phenols is 1. The first-order chi connectivity index (χ1) is 13.9. The molecule has 0 unspecified atom stereocenters. The Labute approximate surface area is 174 Å².